The molecule has 2 saturated carbocycles. The lowest BCUT2D eigenvalue weighted by molar-refractivity contribution is -0.119. The van der Waals surface area contributed by atoms with Gasteiger partial charge in [0, 0.05) is 18.7 Å². The quantitative estimate of drug-likeness (QED) is 0.786. The number of nitrogens with zero attached hydrogens (tertiary/aromatic N) is 3. The van der Waals surface area contributed by atoms with Gasteiger partial charge >= 0.3 is 0 Å². The Kier molecular flexibility index (Phi) is 4.31. The molecule has 1 N–H and O–H groups in total. The van der Waals surface area contributed by atoms with Gasteiger partial charge in [0.25, 0.3) is 0 Å². The summed E-state index contributed by atoms with van der Waals surface area (Å²) in [5.74, 6) is 2.80. The predicted molar refractivity (Wildman–Crippen MR) is 94.5 cm³/mol. The van der Waals surface area contributed by atoms with Gasteiger partial charge in [-0.15, -0.1) is 10.2 Å². The molecule has 2 aliphatic rings. The van der Waals surface area contributed by atoms with Crippen LogP contribution in [0.1, 0.15) is 25.7 Å². The zero-order valence-electron chi connectivity index (χ0n) is 13.8. The predicted octanol–water partition coefficient (Wildman–Crippen LogP) is 2.88. The van der Waals surface area contributed by atoms with Gasteiger partial charge in [0.2, 0.25) is 5.91 Å². The lowest BCUT2D eigenvalue weighted by Crippen LogP contribution is -2.39. The molecule has 1 heterocycles. The number of benzene rings is 1. The molecule has 0 radical (unpaired) electrons. The Hall–Kier alpha value is -1.82. The largest absolute Gasteiger partial charge is 0.352 e. The fourth-order valence-electron chi connectivity index (χ4n) is 3.17. The smallest absolute Gasteiger partial charge is 0.230 e. The van der Waals surface area contributed by atoms with E-state index in [1.165, 1.54) is 37.4 Å². The van der Waals surface area contributed by atoms with E-state index in [4.69, 9.17) is 0 Å². The molecule has 0 saturated heterocycles. The third-order valence-corrected chi connectivity index (χ3v) is 5.81. The van der Waals surface area contributed by atoms with Crippen molar-refractivity contribution in [3.05, 3.63) is 30.3 Å². The second-order valence-corrected chi connectivity index (χ2v) is 7.73. The van der Waals surface area contributed by atoms with E-state index in [1.54, 1.807) is 0 Å². The zero-order valence-corrected chi connectivity index (χ0v) is 14.6. The van der Waals surface area contributed by atoms with Crippen LogP contribution in [0.15, 0.2) is 35.5 Å². The number of hydrogen-bond donors (Lipinski definition) is 1. The summed E-state index contributed by atoms with van der Waals surface area (Å²) in [6.45, 7) is 0. The molecule has 1 aromatic carbocycles. The second-order valence-electron chi connectivity index (χ2n) is 6.79. The van der Waals surface area contributed by atoms with Crippen LogP contribution in [0.3, 0.4) is 0 Å². The number of amides is 1. The van der Waals surface area contributed by atoms with E-state index in [0.29, 0.717) is 11.8 Å². The topological polar surface area (TPSA) is 59.8 Å². The van der Waals surface area contributed by atoms with Gasteiger partial charge in [-0.05, 0) is 37.5 Å². The van der Waals surface area contributed by atoms with Crippen molar-refractivity contribution in [3.63, 3.8) is 0 Å². The minimum Gasteiger partial charge on any atom is -0.352 e. The molecule has 0 bridgehead atoms. The molecule has 0 aliphatic heterocycles. The fourth-order valence-corrected chi connectivity index (χ4v) is 3.89. The van der Waals surface area contributed by atoms with Crippen LogP contribution in [0.5, 0.6) is 0 Å². The SMILES string of the molecule is Cn1c(SCC(=O)NC(C2CC2)C2CC2)nnc1-c1ccccc1. The van der Waals surface area contributed by atoms with E-state index in [2.05, 4.69) is 15.5 Å². The van der Waals surface area contributed by atoms with Crippen molar-refractivity contribution < 1.29 is 4.79 Å². The van der Waals surface area contributed by atoms with Gasteiger partial charge in [-0.3, -0.25) is 4.79 Å². The highest BCUT2D eigenvalue weighted by molar-refractivity contribution is 7.99. The van der Waals surface area contributed by atoms with E-state index in [1.807, 2.05) is 41.9 Å². The standard InChI is InChI=1S/C18H22N4OS/c1-22-17(14-5-3-2-4-6-14)20-21-18(22)24-11-15(23)19-16(12-7-8-12)13-9-10-13/h2-6,12-13,16H,7-11H2,1H3,(H,19,23). The number of carbonyl (C=O) groups is 1. The summed E-state index contributed by atoms with van der Waals surface area (Å²) in [6.07, 6.45) is 5.10. The number of carbonyl (C=O) groups excluding carboxylic acids is 1. The van der Waals surface area contributed by atoms with Crippen LogP contribution >= 0.6 is 11.8 Å². The number of rotatable bonds is 7. The summed E-state index contributed by atoms with van der Waals surface area (Å²) in [5, 5.41) is 12.5. The Labute approximate surface area is 146 Å². The lowest BCUT2D eigenvalue weighted by Gasteiger charge is -2.17. The van der Waals surface area contributed by atoms with Crippen LogP contribution < -0.4 is 5.32 Å². The molecule has 126 valence electrons. The summed E-state index contributed by atoms with van der Waals surface area (Å²) < 4.78 is 1.95. The van der Waals surface area contributed by atoms with Crippen molar-refractivity contribution in [1.82, 2.24) is 20.1 Å². The molecular formula is C18H22N4OS. The highest BCUT2D eigenvalue weighted by Gasteiger charge is 2.42. The first-order valence-corrected chi connectivity index (χ1v) is 9.58. The molecule has 1 amide bonds. The van der Waals surface area contributed by atoms with E-state index < -0.39 is 0 Å². The Morgan fingerprint density at radius 2 is 1.88 bits per heavy atom. The highest BCUT2D eigenvalue weighted by atomic mass is 32.2. The molecule has 0 unspecified atom stereocenters. The van der Waals surface area contributed by atoms with Crippen molar-refractivity contribution in [1.29, 1.82) is 0 Å². The van der Waals surface area contributed by atoms with E-state index in [9.17, 15) is 4.79 Å². The van der Waals surface area contributed by atoms with Gasteiger partial charge in [0.1, 0.15) is 0 Å². The van der Waals surface area contributed by atoms with Gasteiger partial charge in [-0.2, -0.15) is 0 Å². The molecule has 2 aliphatic carbocycles. The average molecular weight is 342 g/mol. The molecule has 5 nitrogen and oxygen atoms in total. The summed E-state index contributed by atoms with van der Waals surface area (Å²) >= 11 is 1.45. The van der Waals surface area contributed by atoms with Crippen molar-refractivity contribution in [2.45, 2.75) is 36.9 Å². The lowest BCUT2D eigenvalue weighted by atomic mass is 10.1. The Morgan fingerprint density at radius 3 is 2.50 bits per heavy atom. The Balaban J connectivity index is 1.36. The van der Waals surface area contributed by atoms with Crippen molar-refractivity contribution in [2.24, 2.45) is 18.9 Å². The summed E-state index contributed by atoms with van der Waals surface area (Å²) in [7, 11) is 1.94. The molecule has 24 heavy (non-hydrogen) atoms. The summed E-state index contributed by atoms with van der Waals surface area (Å²) in [4.78, 5) is 12.3. The molecule has 1 aromatic heterocycles. The highest BCUT2D eigenvalue weighted by Crippen LogP contribution is 2.44. The van der Waals surface area contributed by atoms with Crippen LogP contribution in [0.25, 0.3) is 11.4 Å². The van der Waals surface area contributed by atoms with Crippen LogP contribution in [-0.4, -0.2) is 32.5 Å². The minimum absolute atomic E-state index is 0.119. The van der Waals surface area contributed by atoms with Crippen LogP contribution in [0, 0.1) is 11.8 Å². The van der Waals surface area contributed by atoms with Crippen LogP contribution in [0.2, 0.25) is 0 Å². The zero-order chi connectivity index (χ0) is 16.5. The summed E-state index contributed by atoms with van der Waals surface area (Å²) in [5.41, 5.74) is 1.03. The minimum atomic E-state index is 0.119. The third-order valence-electron chi connectivity index (χ3n) is 4.79. The van der Waals surface area contributed by atoms with Crippen LogP contribution in [0.4, 0.5) is 0 Å². The number of hydrogen-bond acceptors (Lipinski definition) is 4. The first kappa shape index (κ1) is 15.7. The van der Waals surface area contributed by atoms with E-state index in [-0.39, 0.29) is 5.91 Å². The maximum atomic E-state index is 12.3. The monoisotopic (exact) mass is 342 g/mol. The maximum absolute atomic E-state index is 12.3. The molecule has 0 spiro atoms. The molecule has 0 atom stereocenters. The number of thioether (sulfide) groups is 1. The van der Waals surface area contributed by atoms with Gasteiger partial charge in [-0.1, -0.05) is 42.1 Å². The molecular weight excluding hydrogens is 320 g/mol. The first-order valence-electron chi connectivity index (χ1n) is 8.59. The normalized spacial score (nSPS) is 17.2. The van der Waals surface area contributed by atoms with Crippen molar-refractivity contribution in [3.8, 4) is 11.4 Å². The van der Waals surface area contributed by atoms with Gasteiger partial charge in [0.05, 0.1) is 5.75 Å². The Bertz CT molecular complexity index is 710. The van der Waals surface area contributed by atoms with E-state index in [0.717, 1.165) is 28.4 Å². The molecule has 2 aromatic rings. The number of nitrogens with one attached hydrogen (secondary N) is 1. The average Bonchev–Trinajstić information content (AvgIpc) is 3.51. The van der Waals surface area contributed by atoms with Gasteiger partial charge < -0.3 is 9.88 Å². The molecule has 2 fully saturated rings. The van der Waals surface area contributed by atoms with E-state index >= 15 is 0 Å². The number of aromatic nitrogens is 3. The fraction of sp³-hybridized carbons (Fsp3) is 0.500. The Morgan fingerprint density at radius 1 is 1.21 bits per heavy atom. The maximum Gasteiger partial charge on any atom is 0.230 e. The summed E-state index contributed by atoms with van der Waals surface area (Å²) in [6, 6.07) is 10.4. The van der Waals surface area contributed by atoms with Crippen molar-refractivity contribution >= 4 is 17.7 Å². The van der Waals surface area contributed by atoms with Crippen molar-refractivity contribution in [2.75, 3.05) is 5.75 Å². The molecule has 6 heteroatoms. The van der Waals surface area contributed by atoms with Gasteiger partial charge in [-0.25, -0.2) is 0 Å². The third kappa shape index (κ3) is 3.48. The van der Waals surface area contributed by atoms with Gasteiger partial charge in [0.15, 0.2) is 11.0 Å². The molecule has 4 rings (SSSR count). The van der Waals surface area contributed by atoms with Crippen LogP contribution in [-0.2, 0) is 11.8 Å². The second kappa shape index (κ2) is 6.59. The first-order chi connectivity index (χ1) is 11.7.